The van der Waals surface area contributed by atoms with E-state index in [-0.39, 0.29) is 35.3 Å². The molecule has 5 amide bonds. The van der Waals surface area contributed by atoms with Crippen LogP contribution in [0.4, 0.5) is 10.5 Å². The Balaban J connectivity index is 1.46. The molecule has 35 heavy (non-hydrogen) atoms. The van der Waals surface area contributed by atoms with Crippen molar-refractivity contribution in [2.45, 2.75) is 45.3 Å². The first-order valence-corrected chi connectivity index (χ1v) is 11.0. The summed E-state index contributed by atoms with van der Waals surface area (Å²) in [6, 6.07) is 3.18. The summed E-state index contributed by atoms with van der Waals surface area (Å²) in [6.45, 7) is 5.02. The fraction of sp³-hybridized carbons (Fsp3) is 0.500. The summed E-state index contributed by atoms with van der Waals surface area (Å²) in [5.74, 6) is -2.25. The maximum absolute atomic E-state index is 12.7. The molecule has 1 fully saturated rings. The van der Waals surface area contributed by atoms with E-state index in [9.17, 15) is 34.1 Å². The molecule has 13 nitrogen and oxygen atoms in total. The van der Waals surface area contributed by atoms with Gasteiger partial charge in [0.2, 0.25) is 11.8 Å². The zero-order chi connectivity index (χ0) is 25.9. The molecule has 1 aromatic rings. The summed E-state index contributed by atoms with van der Waals surface area (Å²) in [6.07, 6.45) is 0.215. The SMILES string of the molecule is CC(C)(C)OC(=O)NCC(=O)NC1CCN(C(=O)CN2C(=O)c3ccc([N+](=O)[O-])cc3C2=O)CC1. The lowest BCUT2D eigenvalue weighted by molar-refractivity contribution is -0.384. The number of alkyl carbamates (subject to hydrolysis) is 1. The van der Waals surface area contributed by atoms with Crippen LogP contribution in [0, 0.1) is 10.1 Å². The highest BCUT2D eigenvalue weighted by Crippen LogP contribution is 2.27. The Hall–Kier alpha value is -4.03. The van der Waals surface area contributed by atoms with Crippen molar-refractivity contribution in [3.8, 4) is 0 Å². The molecule has 2 aliphatic heterocycles. The fourth-order valence-corrected chi connectivity index (χ4v) is 3.79. The second-order valence-corrected chi connectivity index (χ2v) is 9.26. The lowest BCUT2D eigenvalue weighted by atomic mass is 10.0. The van der Waals surface area contributed by atoms with Crippen LogP contribution in [-0.2, 0) is 14.3 Å². The molecule has 3 rings (SSSR count). The number of amides is 5. The number of carbonyl (C=O) groups is 5. The molecule has 13 heteroatoms. The first-order valence-electron chi connectivity index (χ1n) is 11.0. The van der Waals surface area contributed by atoms with Crippen molar-refractivity contribution in [3.05, 3.63) is 39.4 Å². The molecular weight excluding hydrogens is 462 g/mol. The van der Waals surface area contributed by atoms with E-state index in [1.54, 1.807) is 20.8 Å². The topological polar surface area (TPSA) is 168 Å². The largest absolute Gasteiger partial charge is 0.444 e. The lowest BCUT2D eigenvalue weighted by Gasteiger charge is -2.33. The quantitative estimate of drug-likeness (QED) is 0.336. The van der Waals surface area contributed by atoms with Crippen molar-refractivity contribution in [2.75, 3.05) is 26.2 Å². The third-order valence-corrected chi connectivity index (χ3v) is 5.46. The van der Waals surface area contributed by atoms with Gasteiger partial charge in [0.1, 0.15) is 18.7 Å². The van der Waals surface area contributed by atoms with Gasteiger partial charge in [-0.15, -0.1) is 0 Å². The van der Waals surface area contributed by atoms with Crippen LogP contribution >= 0.6 is 0 Å². The van der Waals surface area contributed by atoms with E-state index < -0.39 is 40.9 Å². The molecule has 0 spiro atoms. The van der Waals surface area contributed by atoms with E-state index in [4.69, 9.17) is 4.74 Å². The van der Waals surface area contributed by atoms with Crippen LogP contribution in [0.2, 0.25) is 0 Å². The van der Waals surface area contributed by atoms with Gasteiger partial charge in [-0.3, -0.25) is 34.2 Å². The molecule has 0 aromatic heterocycles. The Kier molecular flexibility index (Phi) is 7.37. The van der Waals surface area contributed by atoms with E-state index in [0.29, 0.717) is 25.9 Å². The van der Waals surface area contributed by atoms with Crippen molar-refractivity contribution < 1.29 is 33.6 Å². The van der Waals surface area contributed by atoms with Gasteiger partial charge in [-0.1, -0.05) is 0 Å². The molecule has 2 N–H and O–H groups in total. The van der Waals surface area contributed by atoms with Gasteiger partial charge in [0.05, 0.1) is 16.1 Å². The minimum absolute atomic E-state index is 0.0230. The standard InChI is InChI=1S/C22H27N5O8/c1-22(2,3)35-21(32)23-11-17(28)24-13-6-8-25(9-7-13)18(29)12-26-19(30)15-5-4-14(27(33)34)10-16(15)20(26)31/h4-5,10,13H,6-9,11-12H2,1-3H3,(H,23,32)(H,24,28). The molecule has 0 atom stereocenters. The lowest BCUT2D eigenvalue weighted by Crippen LogP contribution is -2.51. The molecular formula is C22H27N5O8. The van der Waals surface area contributed by atoms with E-state index in [0.717, 1.165) is 17.0 Å². The molecule has 0 saturated carbocycles. The van der Waals surface area contributed by atoms with Crippen molar-refractivity contribution >= 4 is 35.4 Å². The monoisotopic (exact) mass is 489 g/mol. The number of rotatable bonds is 6. The van der Waals surface area contributed by atoms with Gasteiger partial charge in [-0.2, -0.15) is 0 Å². The predicted octanol–water partition coefficient (Wildman–Crippen LogP) is 0.823. The second kappa shape index (κ2) is 10.1. The van der Waals surface area contributed by atoms with Crippen LogP contribution in [0.5, 0.6) is 0 Å². The van der Waals surface area contributed by atoms with Crippen LogP contribution in [0.3, 0.4) is 0 Å². The number of hydrogen-bond acceptors (Lipinski definition) is 8. The summed E-state index contributed by atoms with van der Waals surface area (Å²) in [4.78, 5) is 74.1. The van der Waals surface area contributed by atoms with Gasteiger partial charge in [0.15, 0.2) is 0 Å². The predicted molar refractivity (Wildman–Crippen MR) is 120 cm³/mol. The Bertz CT molecular complexity index is 1070. The molecule has 188 valence electrons. The third-order valence-electron chi connectivity index (χ3n) is 5.46. The zero-order valence-corrected chi connectivity index (χ0v) is 19.7. The van der Waals surface area contributed by atoms with Gasteiger partial charge in [-0.05, 0) is 39.7 Å². The highest BCUT2D eigenvalue weighted by Gasteiger charge is 2.39. The highest BCUT2D eigenvalue weighted by molar-refractivity contribution is 6.22. The third kappa shape index (κ3) is 6.31. The maximum atomic E-state index is 12.7. The van der Waals surface area contributed by atoms with Crippen LogP contribution < -0.4 is 10.6 Å². The number of non-ortho nitro benzene ring substituents is 1. The van der Waals surface area contributed by atoms with Gasteiger partial charge in [0.25, 0.3) is 17.5 Å². The number of imide groups is 1. The molecule has 0 unspecified atom stereocenters. The summed E-state index contributed by atoms with van der Waals surface area (Å²) in [5.41, 5.74) is -1.07. The smallest absolute Gasteiger partial charge is 0.408 e. The van der Waals surface area contributed by atoms with Crippen LogP contribution in [0.1, 0.15) is 54.3 Å². The number of nitro groups is 1. The van der Waals surface area contributed by atoms with Crippen molar-refractivity contribution in [1.82, 2.24) is 20.4 Å². The minimum Gasteiger partial charge on any atom is -0.444 e. The zero-order valence-electron chi connectivity index (χ0n) is 19.7. The van der Waals surface area contributed by atoms with E-state index in [1.165, 1.54) is 11.0 Å². The highest BCUT2D eigenvalue weighted by atomic mass is 16.6. The Morgan fingerprint density at radius 3 is 2.34 bits per heavy atom. The van der Waals surface area contributed by atoms with Crippen molar-refractivity contribution in [2.24, 2.45) is 0 Å². The van der Waals surface area contributed by atoms with Crippen molar-refractivity contribution in [3.63, 3.8) is 0 Å². The van der Waals surface area contributed by atoms with Gasteiger partial charge in [-0.25, -0.2) is 4.79 Å². The van der Waals surface area contributed by atoms with Gasteiger partial charge in [0, 0.05) is 31.3 Å². The fourth-order valence-electron chi connectivity index (χ4n) is 3.79. The summed E-state index contributed by atoms with van der Waals surface area (Å²) < 4.78 is 5.07. The van der Waals surface area contributed by atoms with E-state index >= 15 is 0 Å². The number of ether oxygens (including phenoxy) is 1. The van der Waals surface area contributed by atoms with Crippen LogP contribution in [0.15, 0.2) is 18.2 Å². The number of likely N-dealkylation sites (tertiary alicyclic amines) is 1. The first-order chi connectivity index (χ1) is 16.4. The normalized spacial score (nSPS) is 16.1. The summed E-state index contributed by atoms with van der Waals surface area (Å²) in [7, 11) is 0. The molecule has 0 aliphatic carbocycles. The number of piperidine rings is 1. The summed E-state index contributed by atoms with van der Waals surface area (Å²) >= 11 is 0. The molecule has 2 aliphatic rings. The number of benzene rings is 1. The van der Waals surface area contributed by atoms with Gasteiger partial charge < -0.3 is 20.3 Å². The molecule has 0 bridgehead atoms. The van der Waals surface area contributed by atoms with Gasteiger partial charge >= 0.3 is 6.09 Å². The van der Waals surface area contributed by atoms with Crippen molar-refractivity contribution in [1.29, 1.82) is 0 Å². The number of nitro benzene ring substituents is 1. The number of nitrogens with zero attached hydrogens (tertiary/aromatic N) is 3. The van der Waals surface area contributed by atoms with E-state index in [1.807, 2.05) is 0 Å². The number of nitrogens with one attached hydrogen (secondary N) is 2. The maximum Gasteiger partial charge on any atom is 0.408 e. The Morgan fingerprint density at radius 2 is 1.74 bits per heavy atom. The van der Waals surface area contributed by atoms with Crippen LogP contribution in [0.25, 0.3) is 0 Å². The number of carbonyl (C=O) groups excluding carboxylic acids is 5. The Labute approximate surface area is 200 Å². The molecule has 2 heterocycles. The van der Waals surface area contributed by atoms with E-state index in [2.05, 4.69) is 10.6 Å². The average Bonchev–Trinajstić information content (AvgIpc) is 3.01. The molecule has 0 radical (unpaired) electrons. The average molecular weight is 489 g/mol. The first kappa shape index (κ1) is 25.6. The second-order valence-electron chi connectivity index (χ2n) is 9.26. The number of hydrogen-bond donors (Lipinski definition) is 2. The van der Waals surface area contributed by atoms with Crippen LogP contribution in [-0.4, -0.2) is 82.3 Å². The molecule has 1 aromatic carbocycles. The minimum atomic E-state index is -0.748. The molecule has 1 saturated heterocycles. The number of fused-ring (bicyclic) bond motifs is 1. The Morgan fingerprint density at radius 1 is 1.11 bits per heavy atom. The summed E-state index contributed by atoms with van der Waals surface area (Å²) in [5, 5.41) is 16.1.